The van der Waals surface area contributed by atoms with Gasteiger partial charge >= 0.3 is 5.69 Å². The van der Waals surface area contributed by atoms with Crippen molar-refractivity contribution in [1.82, 2.24) is 10.2 Å². The Hall–Kier alpha value is -2.35. The summed E-state index contributed by atoms with van der Waals surface area (Å²) in [6, 6.07) is 2.88. The van der Waals surface area contributed by atoms with Gasteiger partial charge in [-0.15, -0.1) is 0 Å². The molecule has 0 aromatic heterocycles. The zero-order chi connectivity index (χ0) is 17.6. The minimum atomic E-state index is -0.641. The SMILES string of the molecule is CCN(CC)C(C)NC(=O)c1c(OC)ccc(OC)c1[N+](=O)[O-]. The van der Waals surface area contributed by atoms with E-state index in [0.29, 0.717) is 0 Å². The van der Waals surface area contributed by atoms with Crippen LogP contribution in [0.1, 0.15) is 31.1 Å². The van der Waals surface area contributed by atoms with Crippen LogP contribution in [0.2, 0.25) is 0 Å². The van der Waals surface area contributed by atoms with Gasteiger partial charge in [0.1, 0.15) is 5.75 Å². The van der Waals surface area contributed by atoms with Crippen molar-refractivity contribution < 1.29 is 19.2 Å². The van der Waals surface area contributed by atoms with E-state index in [1.54, 1.807) is 0 Å². The predicted octanol–water partition coefficient (Wildman–Crippen LogP) is 2.03. The molecule has 1 amide bonds. The lowest BCUT2D eigenvalue weighted by molar-refractivity contribution is -0.386. The number of carbonyl (C=O) groups is 1. The first-order chi connectivity index (χ1) is 10.9. The Morgan fingerprint density at radius 2 is 1.78 bits per heavy atom. The van der Waals surface area contributed by atoms with Crippen molar-refractivity contribution in [2.24, 2.45) is 0 Å². The summed E-state index contributed by atoms with van der Waals surface area (Å²) in [7, 11) is 2.67. The van der Waals surface area contributed by atoms with E-state index in [9.17, 15) is 14.9 Å². The fraction of sp³-hybridized carbons (Fsp3) is 0.533. The number of ether oxygens (including phenoxy) is 2. The van der Waals surface area contributed by atoms with E-state index >= 15 is 0 Å². The second-order valence-corrected chi connectivity index (χ2v) is 4.82. The van der Waals surface area contributed by atoms with E-state index in [1.165, 1.54) is 26.4 Å². The van der Waals surface area contributed by atoms with Gasteiger partial charge < -0.3 is 14.8 Å². The van der Waals surface area contributed by atoms with E-state index in [-0.39, 0.29) is 23.2 Å². The van der Waals surface area contributed by atoms with Gasteiger partial charge in [-0.1, -0.05) is 13.8 Å². The third-order valence-electron chi connectivity index (χ3n) is 3.65. The fourth-order valence-electron chi connectivity index (χ4n) is 2.41. The number of nitro groups is 1. The number of hydrogen-bond acceptors (Lipinski definition) is 6. The Labute approximate surface area is 135 Å². The van der Waals surface area contributed by atoms with Crippen molar-refractivity contribution in [3.05, 3.63) is 27.8 Å². The van der Waals surface area contributed by atoms with E-state index in [1.807, 2.05) is 25.7 Å². The Morgan fingerprint density at radius 3 is 2.22 bits per heavy atom. The molecule has 0 spiro atoms. The van der Waals surface area contributed by atoms with Gasteiger partial charge in [0.2, 0.25) is 0 Å². The predicted molar refractivity (Wildman–Crippen MR) is 86.0 cm³/mol. The molecule has 8 nitrogen and oxygen atoms in total. The topological polar surface area (TPSA) is 93.9 Å². The zero-order valence-corrected chi connectivity index (χ0v) is 14.1. The van der Waals surface area contributed by atoms with E-state index in [2.05, 4.69) is 5.32 Å². The number of nitrogens with one attached hydrogen (secondary N) is 1. The highest BCUT2D eigenvalue weighted by molar-refractivity contribution is 6.02. The first kappa shape index (κ1) is 18.7. The van der Waals surface area contributed by atoms with Crippen LogP contribution in [0.5, 0.6) is 11.5 Å². The molecule has 1 rings (SSSR count). The van der Waals surface area contributed by atoms with Crippen LogP contribution in [0.3, 0.4) is 0 Å². The largest absolute Gasteiger partial charge is 0.496 e. The van der Waals surface area contributed by atoms with E-state index in [0.717, 1.165) is 13.1 Å². The van der Waals surface area contributed by atoms with Crippen molar-refractivity contribution in [1.29, 1.82) is 0 Å². The summed E-state index contributed by atoms with van der Waals surface area (Å²) in [6.07, 6.45) is -0.270. The Bertz CT molecular complexity index is 572. The Balaban J connectivity index is 3.28. The Kier molecular flexibility index (Phi) is 6.77. The summed E-state index contributed by atoms with van der Waals surface area (Å²) in [5.41, 5.74) is -0.549. The van der Waals surface area contributed by atoms with Crippen molar-refractivity contribution in [3.63, 3.8) is 0 Å². The zero-order valence-electron chi connectivity index (χ0n) is 14.1. The molecule has 0 aliphatic carbocycles. The maximum absolute atomic E-state index is 12.6. The molecular weight excluding hydrogens is 302 g/mol. The molecule has 0 saturated heterocycles. The standard InChI is InChI=1S/C15H23N3O5/c1-6-17(7-2)10(3)16-15(19)13-11(22-4)8-9-12(23-5)14(13)18(20)21/h8-10H,6-7H2,1-5H3,(H,16,19). The second kappa shape index (κ2) is 8.33. The van der Waals surface area contributed by atoms with Crippen molar-refractivity contribution in [2.45, 2.75) is 26.9 Å². The van der Waals surface area contributed by atoms with E-state index < -0.39 is 16.5 Å². The summed E-state index contributed by atoms with van der Waals surface area (Å²) in [5, 5.41) is 14.2. The summed E-state index contributed by atoms with van der Waals surface area (Å²) in [4.78, 5) is 25.3. The molecule has 0 aliphatic rings. The molecule has 1 atom stereocenters. The molecule has 23 heavy (non-hydrogen) atoms. The average molecular weight is 325 g/mol. The van der Waals surface area contributed by atoms with Crippen LogP contribution >= 0.6 is 0 Å². The minimum absolute atomic E-state index is 0.0106. The highest BCUT2D eigenvalue weighted by Crippen LogP contribution is 2.36. The lowest BCUT2D eigenvalue weighted by Gasteiger charge is -2.27. The van der Waals surface area contributed by atoms with Crippen LogP contribution in [0, 0.1) is 10.1 Å². The number of rotatable bonds is 8. The molecule has 0 heterocycles. The number of carbonyl (C=O) groups excluding carboxylic acids is 1. The smallest absolute Gasteiger partial charge is 0.327 e. The van der Waals surface area contributed by atoms with Crippen LogP contribution in [0.4, 0.5) is 5.69 Å². The van der Waals surface area contributed by atoms with Crippen LogP contribution in [0.25, 0.3) is 0 Å². The summed E-state index contributed by atoms with van der Waals surface area (Å²) >= 11 is 0. The number of nitro benzene ring substituents is 1. The molecule has 0 bridgehead atoms. The monoisotopic (exact) mass is 325 g/mol. The molecule has 0 fully saturated rings. The quantitative estimate of drug-likeness (QED) is 0.446. The maximum Gasteiger partial charge on any atom is 0.327 e. The maximum atomic E-state index is 12.6. The highest BCUT2D eigenvalue weighted by atomic mass is 16.6. The minimum Gasteiger partial charge on any atom is -0.496 e. The van der Waals surface area contributed by atoms with Crippen molar-refractivity contribution >= 4 is 11.6 Å². The van der Waals surface area contributed by atoms with Gasteiger partial charge in [-0.3, -0.25) is 19.8 Å². The number of hydrogen-bond donors (Lipinski definition) is 1. The van der Waals surface area contributed by atoms with Gasteiger partial charge in [0.15, 0.2) is 11.3 Å². The summed E-state index contributed by atoms with van der Waals surface area (Å²) in [6.45, 7) is 7.26. The molecule has 8 heteroatoms. The molecule has 0 radical (unpaired) electrons. The highest BCUT2D eigenvalue weighted by Gasteiger charge is 2.31. The third-order valence-corrected chi connectivity index (χ3v) is 3.65. The molecule has 128 valence electrons. The molecule has 0 saturated carbocycles. The van der Waals surface area contributed by atoms with Gasteiger partial charge in [-0.25, -0.2) is 0 Å². The van der Waals surface area contributed by atoms with Gasteiger partial charge in [-0.05, 0) is 32.1 Å². The number of methoxy groups -OCH3 is 2. The van der Waals surface area contributed by atoms with Gasteiger partial charge in [0.25, 0.3) is 5.91 Å². The fourth-order valence-corrected chi connectivity index (χ4v) is 2.41. The molecule has 0 aliphatic heterocycles. The average Bonchev–Trinajstić information content (AvgIpc) is 2.54. The first-order valence-electron chi connectivity index (χ1n) is 7.35. The lowest BCUT2D eigenvalue weighted by atomic mass is 10.1. The number of benzene rings is 1. The Morgan fingerprint density at radius 1 is 1.26 bits per heavy atom. The van der Waals surface area contributed by atoms with Crippen LogP contribution in [-0.4, -0.2) is 49.2 Å². The number of amides is 1. The molecule has 1 N–H and O–H groups in total. The van der Waals surface area contributed by atoms with Crippen LogP contribution in [-0.2, 0) is 0 Å². The van der Waals surface area contributed by atoms with Crippen LogP contribution < -0.4 is 14.8 Å². The molecule has 1 aromatic rings. The molecular formula is C15H23N3O5. The third kappa shape index (κ3) is 4.10. The van der Waals surface area contributed by atoms with Gasteiger partial charge in [0.05, 0.1) is 25.3 Å². The van der Waals surface area contributed by atoms with Crippen molar-refractivity contribution in [2.75, 3.05) is 27.3 Å². The normalized spacial score (nSPS) is 11.9. The van der Waals surface area contributed by atoms with Gasteiger partial charge in [0, 0.05) is 0 Å². The molecule has 1 unspecified atom stereocenters. The summed E-state index contributed by atoms with van der Waals surface area (Å²) < 4.78 is 10.1. The number of nitrogens with zero attached hydrogens (tertiary/aromatic N) is 2. The van der Waals surface area contributed by atoms with E-state index in [4.69, 9.17) is 9.47 Å². The van der Waals surface area contributed by atoms with Crippen molar-refractivity contribution in [3.8, 4) is 11.5 Å². The molecule has 1 aromatic carbocycles. The van der Waals surface area contributed by atoms with Crippen LogP contribution in [0.15, 0.2) is 12.1 Å². The summed E-state index contributed by atoms with van der Waals surface area (Å²) in [5.74, 6) is -0.440. The first-order valence-corrected chi connectivity index (χ1v) is 7.35. The lowest BCUT2D eigenvalue weighted by Crippen LogP contribution is -2.46. The van der Waals surface area contributed by atoms with Gasteiger partial charge in [-0.2, -0.15) is 0 Å². The second-order valence-electron chi connectivity index (χ2n) is 4.82.